The molecule has 1 amide bonds. The molecule has 0 saturated carbocycles. The predicted molar refractivity (Wildman–Crippen MR) is 132 cm³/mol. The normalized spacial score (nSPS) is 12.9. The number of hydrogen-bond donors (Lipinski definition) is 3. The number of aromatic hydroxyl groups is 1. The summed E-state index contributed by atoms with van der Waals surface area (Å²) in [5.41, 5.74) is 1.14. The third-order valence-corrected chi connectivity index (χ3v) is 5.62. The zero-order chi connectivity index (χ0) is 26.8. The number of rotatable bonds is 14. The summed E-state index contributed by atoms with van der Waals surface area (Å²) in [6, 6.07) is 18.4. The van der Waals surface area contributed by atoms with Crippen molar-refractivity contribution >= 4 is 18.6 Å². The van der Waals surface area contributed by atoms with Crippen LogP contribution in [0.3, 0.4) is 0 Å². The van der Waals surface area contributed by atoms with Crippen molar-refractivity contribution < 1.29 is 38.2 Å². The van der Waals surface area contributed by atoms with Crippen molar-refractivity contribution in [2.24, 2.45) is 0 Å². The molecule has 0 fully saturated rings. The molecule has 37 heavy (non-hydrogen) atoms. The SMILES string of the molecule is CC(Cc1ccc(OCC(F)(F)c2ccccc2)cc1)NC[C@H](O)c1ccc(O)c(N(C=O)OC=O)c1. The second kappa shape index (κ2) is 12.8. The van der Waals surface area contributed by atoms with Crippen LogP contribution in [0.1, 0.15) is 29.7 Å². The lowest BCUT2D eigenvalue weighted by Gasteiger charge is -2.20. The number of phenolic OH excluding ortho intramolecular Hbond substituents is 1. The van der Waals surface area contributed by atoms with E-state index in [1.54, 1.807) is 42.5 Å². The fraction of sp³-hybridized carbons (Fsp3) is 0.259. The van der Waals surface area contributed by atoms with Crippen molar-refractivity contribution in [3.63, 3.8) is 0 Å². The second-order valence-corrected chi connectivity index (χ2v) is 8.41. The average Bonchev–Trinajstić information content (AvgIpc) is 2.91. The largest absolute Gasteiger partial charge is 0.506 e. The Morgan fingerprint density at radius 1 is 1.05 bits per heavy atom. The average molecular weight is 515 g/mol. The van der Waals surface area contributed by atoms with Gasteiger partial charge in [-0.15, -0.1) is 5.06 Å². The fourth-order valence-electron chi connectivity index (χ4n) is 3.63. The number of phenols is 1. The first kappa shape index (κ1) is 27.6. The monoisotopic (exact) mass is 514 g/mol. The summed E-state index contributed by atoms with van der Waals surface area (Å²) in [6.45, 7) is 1.36. The van der Waals surface area contributed by atoms with E-state index in [4.69, 9.17) is 4.74 Å². The Bertz CT molecular complexity index is 1160. The zero-order valence-electron chi connectivity index (χ0n) is 20.1. The minimum absolute atomic E-state index is 0.0405. The molecule has 0 aromatic heterocycles. The van der Waals surface area contributed by atoms with Gasteiger partial charge in [0.05, 0.1) is 6.10 Å². The molecule has 3 N–H and O–H groups in total. The number of carbonyl (C=O) groups excluding carboxylic acids is 2. The molecule has 10 heteroatoms. The molecule has 0 spiro atoms. The van der Waals surface area contributed by atoms with Gasteiger partial charge in [-0.2, -0.15) is 8.78 Å². The van der Waals surface area contributed by atoms with Gasteiger partial charge in [0.15, 0.2) is 6.61 Å². The van der Waals surface area contributed by atoms with Gasteiger partial charge >= 0.3 is 12.4 Å². The molecule has 196 valence electrons. The predicted octanol–water partition coefficient (Wildman–Crippen LogP) is 3.87. The van der Waals surface area contributed by atoms with Crippen LogP contribution in [0.15, 0.2) is 72.8 Å². The van der Waals surface area contributed by atoms with Crippen LogP contribution in [0.2, 0.25) is 0 Å². The van der Waals surface area contributed by atoms with Crippen LogP contribution in [0, 0.1) is 0 Å². The molecule has 3 aromatic rings. The summed E-state index contributed by atoms with van der Waals surface area (Å²) in [5, 5.41) is 24.2. The Kier molecular flexibility index (Phi) is 9.53. The number of carbonyl (C=O) groups is 2. The molecule has 0 saturated heterocycles. The van der Waals surface area contributed by atoms with Gasteiger partial charge < -0.3 is 25.1 Å². The van der Waals surface area contributed by atoms with Crippen molar-refractivity contribution in [1.29, 1.82) is 0 Å². The van der Waals surface area contributed by atoms with E-state index in [0.29, 0.717) is 22.8 Å². The van der Waals surface area contributed by atoms with Crippen molar-refractivity contribution in [3.8, 4) is 11.5 Å². The number of nitrogens with zero attached hydrogens (tertiary/aromatic N) is 1. The number of hydrogen-bond acceptors (Lipinski definition) is 7. The van der Waals surface area contributed by atoms with Crippen molar-refractivity contribution in [2.75, 3.05) is 18.2 Å². The van der Waals surface area contributed by atoms with Crippen LogP contribution in [-0.2, 0) is 26.8 Å². The van der Waals surface area contributed by atoms with Crippen molar-refractivity contribution in [2.45, 2.75) is 31.4 Å². The Labute approximate surface area is 213 Å². The van der Waals surface area contributed by atoms with Crippen molar-refractivity contribution in [1.82, 2.24) is 5.32 Å². The van der Waals surface area contributed by atoms with Crippen LogP contribution in [0.4, 0.5) is 14.5 Å². The lowest BCUT2D eigenvalue weighted by molar-refractivity contribution is -0.134. The lowest BCUT2D eigenvalue weighted by atomic mass is 10.1. The molecule has 3 aromatic carbocycles. The van der Waals surface area contributed by atoms with Crippen LogP contribution >= 0.6 is 0 Å². The summed E-state index contributed by atoms with van der Waals surface area (Å²) in [6.07, 6.45) is -0.167. The molecule has 1 unspecified atom stereocenters. The second-order valence-electron chi connectivity index (χ2n) is 8.41. The highest BCUT2D eigenvalue weighted by molar-refractivity contribution is 5.78. The van der Waals surface area contributed by atoms with Gasteiger partial charge in [-0.25, -0.2) is 0 Å². The summed E-state index contributed by atoms with van der Waals surface area (Å²) in [4.78, 5) is 26.1. The summed E-state index contributed by atoms with van der Waals surface area (Å²) < 4.78 is 33.9. The quantitative estimate of drug-likeness (QED) is 0.221. The molecular weight excluding hydrogens is 486 g/mol. The minimum Gasteiger partial charge on any atom is -0.506 e. The Morgan fingerprint density at radius 2 is 1.76 bits per heavy atom. The molecule has 0 heterocycles. The molecule has 2 atom stereocenters. The maximum absolute atomic E-state index is 14.3. The van der Waals surface area contributed by atoms with Gasteiger partial charge in [0, 0.05) is 18.2 Å². The number of amides is 1. The minimum atomic E-state index is -3.11. The van der Waals surface area contributed by atoms with E-state index in [1.165, 1.54) is 30.3 Å². The molecule has 3 rings (SSSR count). The Morgan fingerprint density at radius 3 is 2.41 bits per heavy atom. The number of nitrogens with one attached hydrogen (secondary N) is 1. The highest BCUT2D eigenvalue weighted by atomic mass is 19.3. The molecule has 0 aliphatic carbocycles. The van der Waals surface area contributed by atoms with Crippen LogP contribution in [0.25, 0.3) is 0 Å². The number of aliphatic hydroxyl groups excluding tert-OH is 1. The number of halogens is 2. The van der Waals surface area contributed by atoms with Gasteiger partial charge in [0.1, 0.15) is 17.2 Å². The number of benzene rings is 3. The maximum Gasteiger partial charge on any atom is 0.321 e. The van der Waals surface area contributed by atoms with Crippen molar-refractivity contribution in [3.05, 3.63) is 89.5 Å². The summed E-state index contributed by atoms with van der Waals surface area (Å²) >= 11 is 0. The highest BCUT2D eigenvalue weighted by Crippen LogP contribution is 2.30. The zero-order valence-corrected chi connectivity index (χ0v) is 20.1. The van der Waals surface area contributed by atoms with E-state index in [1.807, 2.05) is 6.92 Å². The van der Waals surface area contributed by atoms with E-state index in [-0.39, 0.29) is 42.5 Å². The summed E-state index contributed by atoms with van der Waals surface area (Å²) in [7, 11) is 0. The van der Waals surface area contributed by atoms with E-state index < -0.39 is 18.6 Å². The number of aliphatic hydroxyl groups is 1. The Balaban J connectivity index is 1.50. The van der Waals surface area contributed by atoms with E-state index in [9.17, 15) is 28.6 Å². The first-order valence-corrected chi connectivity index (χ1v) is 11.5. The molecule has 0 aliphatic heterocycles. The third-order valence-electron chi connectivity index (χ3n) is 5.62. The standard InChI is InChI=1S/C27H28F2N2O6/c1-19(30-15-26(35)21-9-12-25(34)24(14-21)31(17-32)37-18-33)13-20-7-10-23(11-8-20)36-16-27(28,29)22-5-3-2-4-6-22/h2-12,14,17-19,26,30,34-35H,13,15-16H2,1H3/t19?,26-/m0/s1. The molecule has 8 nitrogen and oxygen atoms in total. The number of alkyl halides is 2. The summed E-state index contributed by atoms with van der Waals surface area (Å²) in [5.74, 6) is -3.08. The van der Waals surface area contributed by atoms with Gasteiger partial charge in [-0.3, -0.25) is 9.59 Å². The van der Waals surface area contributed by atoms with Gasteiger partial charge in [-0.1, -0.05) is 48.5 Å². The van der Waals surface area contributed by atoms with Gasteiger partial charge in [-0.05, 0) is 48.7 Å². The van der Waals surface area contributed by atoms with Crippen LogP contribution in [0.5, 0.6) is 11.5 Å². The maximum atomic E-state index is 14.3. The van der Waals surface area contributed by atoms with Gasteiger partial charge in [0.2, 0.25) is 6.41 Å². The molecular formula is C27H28F2N2O6. The van der Waals surface area contributed by atoms with Crippen LogP contribution in [-0.4, -0.2) is 42.3 Å². The smallest absolute Gasteiger partial charge is 0.321 e. The topological polar surface area (TPSA) is 108 Å². The number of ether oxygens (including phenoxy) is 1. The number of hydroxylamine groups is 1. The van der Waals surface area contributed by atoms with Gasteiger partial charge in [0.25, 0.3) is 0 Å². The molecule has 0 aliphatic rings. The number of anilines is 1. The molecule has 0 radical (unpaired) electrons. The van der Waals surface area contributed by atoms with E-state index >= 15 is 0 Å². The highest BCUT2D eigenvalue weighted by Gasteiger charge is 2.32. The lowest BCUT2D eigenvalue weighted by Crippen LogP contribution is -2.32. The fourth-order valence-corrected chi connectivity index (χ4v) is 3.63. The first-order chi connectivity index (χ1) is 17.7. The Hall–Kier alpha value is -4.02. The van der Waals surface area contributed by atoms with E-state index in [0.717, 1.165) is 5.56 Å². The van der Waals surface area contributed by atoms with Crippen LogP contribution < -0.4 is 15.1 Å². The first-order valence-electron chi connectivity index (χ1n) is 11.5. The van der Waals surface area contributed by atoms with E-state index in [2.05, 4.69) is 10.2 Å². The third kappa shape index (κ3) is 7.73. The molecule has 0 bridgehead atoms.